The van der Waals surface area contributed by atoms with Gasteiger partial charge in [0.15, 0.2) is 0 Å². The molecule has 0 atom stereocenters. The molecule has 0 fully saturated rings. The number of benzene rings is 1. The van der Waals surface area contributed by atoms with E-state index >= 15 is 0 Å². The Labute approximate surface area is 95.5 Å². The predicted octanol–water partition coefficient (Wildman–Crippen LogP) is 3.07. The monoisotopic (exact) mass is 220 g/mol. The first kappa shape index (κ1) is 11.5. The fourth-order valence-electron chi connectivity index (χ4n) is 1.36. The number of nitrogens with zero attached hydrogens (tertiary/aromatic N) is 1. The summed E-state index contributed by atoms with van der Waals surface area (Å²) in [5.41, 5.74) is 2.40. The highest BCUT2D eigenvalue weighted by Crippen LogP contribution is 2.08. The lowest BCUT2D eigenvalue weighted by atomic mass is 10.1. The SMILES string of the molecule is C=Cc1ccc(Cc2ncc[nH]2)cc1.Cl. The van der Waals surface area contributed by atoms with Gasteiger partial charge in [-0.1, -0.05) is 36.9 Å². The number of hydrogen-bond acceptors (Lipinski definition) is 1. The lowest BCUT2D eigenvalue weighted by Crippen LogP contribution is -1.90. The van der Waals surface area contributed by atoms with Gasteiger partial charge in [0.05, 0.1) is 0 Å². The average molecular weight is 221 g/mol. The highest BCUT2D eigenvalue weighted by Gasteiger charge is 1.96. The number of nitrogens with one attached hydrogen (secondary N) is 1. The van der Waals surface area contributed by atoms with Crippen molar-refractivity contribution in [3.05, 3.63) is 60.2 Å². The summed E-state index contributed by atoms with van der Waals surface area (Å²) in [6.07, 6.45) is 6.31. The van der Waals surface area contributed by atoms with E-state index in [1.165, 1.54) is 5.56 Å². The first-order valence-electron chi connectivity index (χ1n) is 4.58. The van der Waals surface area contributed by atoms with Crippen LogP contribution in [0.4, 0.5) is 0 Å². The van der Waals surface area contributed by atoms with E-state index in [1.807, 2.05) is 12.3 Å². The first-order valence-corrected chi connectivity index (χ1v) is 4.58. The van der Waals surface area contributed by atoms with Crippen LogP contribution in [-0.2, 0) is 6.42 Å². The molecule has 0 aliphatic carbocycles. The summed E-state index contributed by atoms with van der Waals surface area (Å²) in [6, 6.07) is 8.32. The third kappa shape index (κ3) is 2.96. The summed E-state index contributed by atoms with van der Waals surface area (Å²) >= 11 is 0. The zero-order valence-electron chi connectivity index (χ0n) is 8.31. The fraction of sp³-hybridized carbons (Fsp3) is 0.0833. The first-order chi connectivity index (χ1) is 6.88. The van der Waals surface area contributed by atoms with E-state index in [9.17, 15) is 0 Å². The molecule has 1 N–H and O–H groups in total. The van der Waals surface area contributed by atoms with Crippen LogP contribution in [0.2, 0.25) is 0 Å². The van der Waals surface area contributed by atoms with Gasteiger partial charge >= 0.3 is 0 Å². The van der Waals surface area contributed by atoms with Gasteiger partial charge in [-0.15, -0.1) is 12.4 Å². The number of imidazole rings is 1. The van der Waals surface area contributed by atoms with E-state index in [0.717, 1.165) is 17.8 Å². The Morgan fingerprint density at radius 2 is 2.00 bits per heavy atom. The van der Waals surface area contributed by atoms with E-state index in [0.29, 0.717) is 0 Å². The molecule has 0 saturated heterocycles. The molecular weight excluding hydrogens is 208 g/mol. The van der Waals surface area contributed by atoms with Crippen molar-refractivity contribution in [3.63, 3.8) is 0 Å². The molecule has 1 aromatic heterocycles. The normalized spacial score (nSPS) is 9.33. The van der Waals surface area contributed by atoms with Crippen molar-refractivity contribution in [1.82, 2.24) is 9.97 Å². The molecule has 0 aliphatic rings. The maximum absolute atomic E-state index is 4.18. The van der Waals surface area contributed by atoms with Gasteiger partial charge in [-0.3, -0.25) is 0 Å². The molecule has 3 heteroatoms. The number of aromatic nitrogens is 2. The van der Waals surface area contributed by atoms with Gasteiger partial charge in [0.2, 0.25) is 0 Å². The number of hydrogen-bond donors (Lipinski definition) is 1. The third-order valence-electron chi connectivity index (χ3n) is 2.14. The van der Waals surface area contributed by atoms with Gasteiger partial charge < -0.3 is 4.98 Å². The van der Waals surface area contributed by atoms with Crippen molar-refractivity contribution >= 4 is 18.5 Å². The van der Waals surface area contributed by atoms with Crippen LogP contribution in [0.3, 0.4) is 0 Å². The van der Waals surface area contributed by atoms with Crippen molar-refractivity contribution < 1.29 is 0 Å². The van der Waals surface area contributed by atoms with Crippen LogP contribution in [0.1, 0.15) is 17.0 Å². The van der Waals surface area contributed by atoms with Crippen molar-refractivity contribution in [2.45, 2.75) is 6.42 Å². The molecule has 0 spiro atoms. The lowest BCUT2D eigenvalue weighted by Gasteiger charge is -1.98. The second-order valence-corrected chi connectivity index (χ2v) is 3.16. The van der Waals surface area contributed by atoms with Crippen LogP contribution < -0.4 is 0 Å². The minimum Gasteiger partial charge on any atom is -0.348 e. The summed E-state index contributed by atoms with van der Waals surface area (Å²) < 4.78 is 0. The van der Waals surface area contributed by atoms with Gasteiger partial charge in [0, 0.05) is 18.8 Å². The molecule has 0 amide bonds. The molecule has 1 heterocycles. The van der Waals surface area contributed by atoms with E-state index in [4.69, 9.17) is 0 Å². The number of aromatic amines is 1. The number of halogens is 1. The summed E-state index contributed by atoms with van der Waals surface area (Å²) in [5.74, 6) is 0.997. The summed E-state index contributed by atoms with van der Waals surface area (Å²) in [5, 5.41) is 0. The van der Waals surface area contributed by atoms with E-state index in [-0.39, 0.29) is 12.4 Å². The quantitative estimate of drug-likeness (QED) is 0.846. The van der Waals surface area contributed by atoms with Crippen LogP contribution >= 0.6 is 12.4 Å². The molecule has 0 saturated carbocycles. The zero-order chi connectivity index (χ0) is 9.80. The highest BCUT2D eigenvalue weighted by atomic mass is 35.5. The minimum absolute atomic E-state index is 0. The Kier molecular flexibility index (Phi) is 4.13. The molecule has 2 aromatic rings. The minimum atomic E-state index is 0. The van der Waals surface area contributed by atoms with Gasteiger partial charge in [0.1, 0.15) is 5.82 Å². The molecule has 2 nitrogen and oxygen atoms in total. The Morgan fingerprint density at radius 1 is 1.27 bits per heavy atom. The lowest BCUT2D eigenvalue weighted by molar-refractivity contribution is 1.03. The predicted molar refractivity (Wildman–Crippen MR) is 65.2 cm³/mol. The summed E-state index contributed by atoms with van der Waals surface area (Å²) in [6.45, 7) is 3.72. The molecule has 2 rings (SSSR count). The Morgan fingerprint density at radius 3 is 2.53 bits per heavy atom. The third-order valence-corrected chi connectivity index (χ3v) is 2.14. The molecule has 15 heavy (non-hydrogen) atoms. The molecule has 0 radical (unpaired) electrons. The molecule has 1 aromatic carbocycles. The number of rotatable bonds is 3. The van der Waals surface area contributed by atoms with Crippen molar-refractivity contribution in [2.24, 2.45) is 0 Å². The van der Waals surface area contributed by atoms with E-state index < -0.39 is 0 Å². The van der Waals surface area contributed by atoms with Gasteiger partial charge in [0.25, 0.3) is 0 Å². The van der Waals surface area contributed by atoms with Crippen molar-refractivity contribution in [3.8, 4) is 0 Å². The zero-order valence-corrected chi connectivity index (χ0v) is 9.13. The maximum atomic E-state index is 4.18. The summed E-state index contributed by atoms with van der Waals surface area (Å²) in [4.78, 5) is 7.26. The number of H-pyrrole nitrogens is 1. The topological polar surface area (TPSA) is 28.7 Å². The summed E-state index contributed by atoms with van der Waals surface area (Å²) in [7, 11) is 0. The second-order valence-electron chi connectivity index (χ2n) is 3.16. The Balaban J connectivity index is 0.00000112. The smallest absolute Gasteiger partial charge is 0.110 e. The van der Waals surface area contributed by atoms with Gasteiger partial charge in [-0.05, 0) is 11.1 Å². The van der Waals surface area contributed by atoms with Crippen LogP contribution in [0, 0.1) is 0 Å². The molecule has 0 aliphatic heterocycles. The Bertz CT molecular complexity index is 404. The fourth-order valence-corrected chi connectivity index (χ4v) is 1.36. The maximum Gasteiger partial charge on any atom is 0.110 e. The largest absolute Gasteiger partial charge is 0.348 e. The Hall–Kier alpha value is -1.54. The standard InChI is InChI=1S/C12H12N2.ClH/c1-2-10-3-5-11(6-4-10)9-12-13-7-8-14-12;/h2-8H,1,9H2,(H,13,14);1H. The van der Waals surface area contributed by atoms with Crippen LogP contribution in [0.25, 0.3) is 6.08 Å². The van der Waals surface area contributed by atoms with Gasteiger partial charge in [-0.2, -0.15) is 0 Å². The van der Waals surface area contributed by atoms with E-state index in [2.05, 4.69) is 40.8 Å². The van der Waals surface area contributed by atoms with Gasteiger partial charge in [-0.25, -0.2) is 4.98 Å². The molecule has 0 unspecified atom stereocenters. The van der Waals surface area contributed by atoms with Crippen molar-refractivity contribution in [1.29, 1.82) is 0 Å². The van der Waals surface area contributed by atoms with Crippen LogP contribution in [0.15, 0.2) is 43.2 Å². The van der Waals surface area contributed by atoms with Crippen LogP contribution in [0.5, 0.6) is 0 Å². The van der Waals surface area contributed by atoms with E-state index in [1.54, 1.807) is 6.20 Å². The molecule has 0 bridgehead atoms. The van der Waals surface area contributed by atoms with Crippen molar-refractivity contribution in [2.75, 3.05) is 0 Å². The second kappa shape index (κ2) is 5.37. The average Bonchev–Trinajstić information content (AvgIpc) is 2.72. The molecular formula is C12H13ClN2. The highest BCUT2D eigenvalue weighted by molar-refractivity contribution is 5.85. The molecule has 78 valence electrons. The van der Waals surface area contributed by atoms with Crippen LogP contribution in [-0.4, -0.2) is 9.97 Å².